The molecule has 0 aromatic carbocycles. The summed E-state index contributed by atoms with van der Waals surface area (Å²) in [5.41, 5.74) is 4.53. The van der Waals surface area contributed by atoms with Crippen molar-refractivity contribution in [2.75, 3.05) is 0 Å². The van der Waals surface area contributed by atoms with E-state index in [9.17, 15) is 4.79 Å². The number of carbonyl (C=O) groups excluding carboxylic acids is 1. The van der Waals surface area contributed by atoms with Gasteiger partial charge in [0.15, 0.2) is 0 Å². The summed E-state index contributed by atoms with van der Waals surface area (Å²) in [5.74, 6) is 0.0931. The predicted octanol–water partition coefficient (Wildman–Crippen LogP) is 1.29. The second-order valence-corrected chi connectivity index (χ2v) is 5.78. The molecule has 1 amide bonds. The van der Waals surface area contributed by atoms with E-state index in [1.54, 1.807) is 0 Å². The highest BCUT2D eigenvalue weighted by Gasteiger charge is 2.21. The van der Waals surface area contributed by atoms with E-state index >= 15 is 0 Å². The number of amides is 1. The van der Waals surface area contributed by atoms with E-state index in [-0.39, 0.29) is 11.9 Å². The quantitative estimate of drug-likeness (QED) is 0.889. The van der Waals surface area contributed by atoms with Gasteiger partial charge in [0, 0.05) is 36.8 Å². The van der Waals surface area contributed by atoms with Crippen LogP contribution in [0, 0.1) is 13.8 Å². The van der Waals surface area contributed by atoms with Gasteiger partial charge in [0.25, 0.3) is 0 Å². The van der Waals surface area contributed by atoms with Gasteiger partial charge < -0.3 is 5.32 Å². The monoisotopic (exact) mass is 287 g/mol. The zero-order chi connectivity index (χ0) is 14.8. The molecule has 2 aromatic rings. The third-order valence-corrected chi connectivity index (χ3v) is 4.04. The maximum atomic E-state index is 12.1. The lowest BCUT2D eigenvalue weighted by Gasteiger charge is -2.22. The predicted molar refractivity (Wildman–Crippen MR) is 78.9 cm³/mol. The number of aromatic amines is 1. The molecule has 1 atom stereocenters. The molecule has 2 heterocycles. The molecule has 1 aliphatic rings. The number of aromatic nitrogens is 4. The molecule has 0 fully saturated rings. The van der Waals surface area contributed by atoms with Crippen molar-refractivity contribution in [3.63, 3.8) is 0 Å². The molecule has 6 nitrogen and oxygen atoms in total. The van der Waals surface area contributed by atoms with Gasteiger partial charge >= 0.3 is 0 Å². The Hall–Kier alpha value is -2.11. The maximum absolute atomic E-state index is 12.1. The summed E-state index contributed by atoms with van der Waals surface area (Å²) in [6.45, 7) is 4.61. The number of hydrogen-bond acceptors (Lipinski definition) is 3. The van der Waals surface area contributed by atoms with Crippen LogP contribution in [0.4, 0.5) is 0 Å². The van der Waals surface area contributed by atoms with Crippen LogP contribution in [0.5, 0.6) is 0 Å². The lowest BCUT2D eigenvalue weighted by Crippen LogP contribution is -2.39. The fraction of sp³-hybridized carbons (Fsp3) is 0.533. The highest BCUT2D eigenvalue weighted by atomic mass is 16.1. The van der Waals surface area contributed by atoms with Gasteiger partial charge in [-0.15, -0.1) is 0 Å². The van der Waals surface area contributed by atoms with Crippen LogP contribution in [0.2, 0.25) is 0 Å². The van der Waals surface area contributed by atoms with Crippen molar-refractivity contribution >= 4 is 5.91 Å². The summed E-state index contributed by atoms with van der Waals surface area (Å²) in [6, 6.07) is 2.24. The van der Waals surface area contributed by atoms with E-state index < -0.39 is 0 Å². The zero-order valence-corrected chi connectivity index (χ0v) is 12.5. The number of nitrogens with zero attached hydrogens (tertiary/aromatic N) is 3. The van der Waals surface area contributed by atoms with E-state index in [2.05, 4.69) is 20.6 Å². The maximum Gasteiger partial charge on any atom is 0.222 e. The normalized spacial score (nSPS) is 17.5. The van der Waals surface area contributed by atoms with Gasteiger partial charge in [-0.25, -0.2) is 0 Å². The molecule has 0 unspecified atom stereocenters. The van der Waals surface area contributed by atoms with Crippen molar-refractivity contribution in [3.05, 3.63) is 34.9 Å². The number of nitrogens with one attached hydrogen (secondary N) is 2. The second-order valence-electron chi connectivity index (χ2n) is 5.78. The summed E-state index contributed by atoms with van der Waals surface area (Å²) >= 11 is 0. The topological polar surface area (TPSA) is 75.6 Å². The number of carbonyl (C=O) groups is 1. The molecule has 3 rings (SSSR count). The van der Waals surface area contributed by atoms with Crippen molar-refractivity contribution in [3.8, 4) is 0 Å². The molecule has 0 aliphatic heterocycles. The Morgan fingerprint density at radius 1 is 1.52 bits per heavy atom. The lowest BCUT2D eigenvalue weighted by atomic mass is 9.94. The van der Waals surface area contributed by atoms with Crippen LogP contribution in [0.25, 0.3) is 0 Å². The van der Waals surface area contributed by atoms with Crippen LogP contribution >= 0.6 is 0 Å². The van der Waals surface area contributed by atoms with Gasteiger partial charge in [-0.05, 0) is 38.3 Å². The van der Waals surface area contributed by atoms with Crippen LogP contribution in [0.15, 0.2) is 12.3 Å². The Morgan fingerprint density at radius 3 is 3.14 bits per heavy atom. The van der Waals surface area contributed by atoms with Crippen LogP contribution in [0.1, 0.15) is 35.5 Å². The highest BCUT2D eigenvalue weighted by Crippen LogP contribution is 2.18. The van der Waals surface area contributed by atoms with Crippen molar-refractivity contribution in [2.24, 2.45) is 0 Å². The minimum absolute atomic E-state index is 0.0931. The molecule has 6 heteroatoms. The first-order valence-corrected chi connectivity index (χ1v) is 7.43. The zero-order valence-electron chi connectivity index (χ0n) is 12.5. The van der Waals surface area contributed by atoms with E-state index in [1.807, 2.05) is 30.8 Å². The van der Waals surface area contributed by atoms with Crippen molar-refractivity contribution in [1.29, 1.82) is 0 Å². The Morgan fingerprint density at radius 2 is 2.38 bits per heavy atom. The number of hydrogen-bond donors (Lipinski definition) is 2. The van der Waals surface area contributed by atoms with E-state index in [4.69, 9.17) is 0 Å². The first-order chi connectivity index (χ1) is 10.1. The van der Waals surface area contributed by atoms with Crippen LogP contribution in [-0.4, -0.2) is 31.9 Å². The third kappa shape index (κ3) is 3.15. The van der Waals surface area contributed by atoms with E-state index in [1.165, 1.54) is 5.56 Å². The number of fused-ring (bicyclic) bond motifs is 1. The van der Waals surface area contributed by atoms with Crippen molar-refractivity contribution in [2.45, 2.75) is 52.1 Å². The average molecular weight is 287 g/mol. The Balaban J connectivity index is 1.50. The third-order valence-electron chi connectivity index (χ3n) is 4.04. The molecule has 0 radical (unpaired) electrons. The van der Waals surface area contributed by atoms with Crippen molar-refractivity contribution < 1.29 is 4.79 Å². The summed E-state index contributed by atoms with van der Waals surface area (Å²) in [6.07, 6.45) is 5.16. The molecule has 0 spiro atoms. The summed E-state index contributed by atoms with van der Waals surface area (Å²) in [4.78, 5) is 12.1. The minimum atomic E-state index is 0.0931. The SMILES string of the molecule is Cc1cc(C)n(CCC(=O)N[C@H]2CCc3cn[nH]c3C2)n1. The molecule has 0 saturated carbocycles. The first kappa shape index (κ1) is 13.9. The van der Waals surface area contributed by atoms with Gasteiger partial charge in [0.05, 0.1) is 11.9 Å². The fourth-order valence-corrected chi connectivity index (χ4v) is 2.94. The van der Waals surface area contributed by atoms with Gasteiger partial charge in [-0.2, -0.15) is 10.2 Å². The molecule has 2 aromatic heterocycles. The number of H-pyrrole nitrogens is 1. The fourth-order valence-electron chi connectivity index (χ4n) is 2.94. The molecule has 112 valence electrons. The molecule has 0 bridgehead atoms. The van der Waals surface area contributed by atoms with Gasteiger partial charge in [0.1, 0.15) is 0 Å². The number of aryl methyl sites for hydroxylation is 4. The number of rotatable bonds is 4. The van der Waals surface area contributed by atoms with Crippen molar-refractivity contribution in [1.82, 2.24) is 25.3 Å². The summed E-state index contributed by atoms with van der Waals surface area (Å²) < 4.78 is 1.89. The van der Waals surface area contributed by atoms with Gasteiger partial charge in [-0.3, -0.25) is 14.6 Å². The molecule has 21 heavy (non-hydrogen) atoms. The molecular formula is C15H21N5O. The molecular weight excluding hydrogens is 266 g/mol. The first-order valence-electron chi connectivity index (χ1n) is 7.43. The Kier molecular flexibility index (Phi) is 3.77. The lowest BCUT2D eigenvalue weighted by molar-refractivity contribution is -0.122. The molecule has 2 N–H and O–H groups in total. The summed E-state index contributed by atoms with van der Waals surface area (Å²) in [7, 11) is 0. The van der Waals surface area contributed by atoms with Crippen LogP contribution in [-0.2, 0) is 24.2 Å². The van der Waals surface area contributed by atoms with Gasteiger partial charge in [-0.1, -0.05) is 0 Å². The average Bonchev–Trinajstić information content (AvgIpc) is 3.02. The molecule has 0 saturated heterocycles. The van der Waals surface area contributed by atoms with Crippen LogP contribution < -0.4 is 5.32 Å². The highest BCUT2D eigenvalue weighted by molar-refractivity contribution is 5.76. The Bertz CT molecular complexity index is 642. The van der Waals surface area contributed by atoms with Gasteiger partial charge in [0.2, 0.25) is 5.91 Å². The summed E-state index contributed by atoms with van der Waals surface area (Å²) in [5, 5.41) is 14.6. The Labute approximate surface area is 123 Å². The largest absolute Gasteiger partial charge is 0.353 e. The standard InChI is InChI=1S/C15H21N5O/c1-10-7-11(2)20(19-10)6-5-15(21)17-13-4-3-12-9-16-18-14(12)8-13/h7,9,13H,3-6,8H2,1-2H3,(H,16,18)(H,17,21)/t13-/m0/s1. The second kappa shape index (κ2) is 5.71. The smallest absolute Gasteiger partial charge is 0.222 e. The van der Waals surface area contributed by atoms with E-state index in [0.717, 1.165) is 36.3 Å². The molecule has 1 aliphatic carbocycles. The van der Waals surface area contributed by atoms with Crippen LogP contribution in [0.3, 0.4) is 0 Å². The minimum Gasteiger partial charge on any atom is -0.353 e. The van der Waals surface area contributed by atoms with E-state index in [0.29, 0.717) is 13.0 Å².